The Morgan fingerprint density at radius 3 is 2.79 bits per heavy atom. The molecule has 0 spiro atoms. The summed E-state index contributed by atoms with van der Waals surface area (Å²) >= 11 is 0. The standard InChI is InChI=1S/C24H27N5O4/c25-29-28-21-5-2-1-4-19(21)14-24(23(31)26-15-17-6-7-17)16-33-22(27-24)18-8-10-20(11-9-18)32-13-3-12-30/h1-2,4-5,8-11,17,30H,3,6-7,12-16H2,(H,26,31)/t24-/m1/s1. The smallest absolute Gasteiger partial charge is 0.251 e. The summed E-state index contributed by atoms with van der Waals surface area (Å²) in [5.74, 6) is 1.41. The number of amides is 1. The van der Waals surface area contributed by atoms with E-state index >= 15 is 0 Å². The highest BCUT2D eigenvalue weighted by atomic mass is 16.5. The molecule has 2 aliphatic rings. The minimum atomic E-state index is -1.15. The maximum atomic E-state index is 13.3. The van der Waals surface area contributed by atoms with Crippen LogP contribution in [0.4, 0.5) is 5.69 Å². The molecule has 2 aromatic rings. The third-order valence-corrected chi connectivity index (χ3v) is 5.73. The van der Waals surface area contributed by atoms with Crippen LogP contribution in [0.5, 0.6) is 5.75 Å². The number of carbonyl (C=O) groups excluding carboxylic acids is 1. The van der Waals surface area contributed by atoms with Crippen molar-refractivity contribution in [1.29, 1.82) is 0 Å². The molecule has 0 bridgehead atoms. The van der Waals surface area contributed by atoms with Gasteiger partial charge in [0.2, 0.25) is 5.90 Å². The second-order valence-corrected chi connectivity index (χ2v) is 8.34. The van der Waals surface area contributed by atoms with Gasteiger partial charge in [0.05, 0.1) is 6.61 Å². The number of ether oxygens (including phenoxy) is 2. The van der Waals surface area contributed by atoms with E-state index in [1.165, 1.54) is 0 Å². The maximum absolute atomic E-state index is 13.3. The number of benzene rings is 2. The second-order valence-electron chi connectivity index (χ2n) is 8.34. The number of nitrogens with zero attached hydrogens (tertiary/aromatic N) is 4. The summed E-state index contributed by atoms with van der Waals surface area (Å²) in [7, 11) is 0. The van der Waals surface area contributed by atoms with Crippen molar-refractivity contribution < 1.29 is 19.4 Å². The predicted molar refractivity (Wildman–Crippen MR) is 124 cm³/mol. The zero-order chi connectivity index (χ0) is 23.1. The molecule has 1 amide bonds. The van der Waals surface area contributed by atoms with Crippen LogP contribution in [-0.4, -0.2) is 48.8 Å². The quantitative estimate of drug-likeness (QED) is 0.235. The zero-order valence-corrected chi connectivity index (χ0v) is 18.3. The number of aliphatic imine (C=N–C) groups is 1. The minimum Gasteiger partial charge on any atom is -0.494 e. The Balaban J connectivity index is 1.58. The average molecular weight is 450 g/mol. The van der Waals surface area contributed by atoms with Crippen LogP contribution in [0.3, 0.4) is 0 Å². The van der Waals surface area contributed by atoms with Crippen LogP contribution >= 0.6 is 0 Å². The van der Waals surface area contributed by atoms with Gasteiger partial charge in [-0.25, -0.2) is 4.99 Å². The molecule has 1 aliphatic heterocycles. The number of aliphatic hydroxyl groups excluding tert-OH is 1. The topological polar surface area (TPSA) is 129 Å². The van der Waals surface area contributed by atoms with Gasteiger partial charge in [-0.2, -0.15) is 0 Å². The van der Waals surface area contributed by atoms with Crippen LogP contribution in [0.1, 0.15) is 30.4 Å². The summed E-state index contributed by atoms with van der Waals surface area (Å²) < 4.78 is 11.5. The van der Waals surface area contributed by atoms with Gasteiger partial charge in [0.1, 0.15) is 12.4 Å². The molecule has 9 nitrogen and oxygen atoms in total. The fourth-order valence-electron chi connectivity index (χ4n) is 3.67. The van der Waals surface area contributed by atoms with Gasteiger partial charge in [-0.15, -0.1) is 0 Å². The first kappa shape index (κ1) is 22.6. The largest absolute Gasteiger partial charge is 0.494 e. The van der Waals surface area contributed by atoms with E-state index in [0.29, 0.717) is 42.8 Å². The summed E-state index contributed by atoms with van der Waals surface area (Å²) in [6.45, 7) is 1.24. The van der Waals surface area contributed by atoms with E-state index < -0.39 is 5.54 Å². The number of carbonyl (C=O) groups is 1. The number of rotatable bonds is 11. The molecule has 2 N–H and O–H groups in total. The molecule has 2 aromatic carbocycles. The van der Waals surface area contributed by atoms with Gasteiger partial charge in [0.25, 0.3) is 5.91 Å². The summed E-state index contributed by atoms with van der Waals surface area (Å²) in [5.41, 5.74) is 9.71. The lowest BCUT2D eigenvalue weighted by atomic mass is 9.90. The van der Waals surface area contributed by atoms with E-state index in [1.807, 2.05) is 36.4 Å². The highest BCUT2D eigenvalue weighted by Gasteiger charge is 2.45. The number of nitrogens with one attached hydrogen (secondary N) is 1. The van der Waals surface area contributed by atoms with Gasteiger partial charge in [0.15, 0.2) is 5.54 Å². The van der Waals surface area contributed by atoms with Crippen LogP contribution < -0.4 is 10.1 Å². The molecule has 33 heavy (non-hydrogen) atoms. The maximum Gasteiger partial charge on any atom is 0.251 e. The van der Waals surface area contributed by atoms with Crippen molar-refractivity contribution in [1.82, 2.24) is 5.32 Å². The summed E-state index contributed by atoms with van der Waals surface area (Å²) in [5, 5.41) is 15.7. The Morgan fingerprint density at radius 2 is 2.06 bits per heavy atom. The molecule has 172 valence electrons. The van der Waals surface area contributed by atoms with Crippen molar-refractivity contribution in [3.05, 3.63) is 70.1 Å². The van der Waals surface area contributed by atoms with E-state index in [1.54, 1.807) is 12.1 Å². The van der Waals surface area contributed by atoms with Crippen molar-refractivity contribution >= 4 is 17.5 Å². The molecule has 4 rings (SSSR count). The number of azide groups is 1. The lowest BCUT2D eigenvalue weighted by molar-refractivity contribution is -0.126. The number of hydrogen-bond donors (Lipinski definition) is 2. The SMILES string of the molecule is [N-]=[N+]=Nc1ccccc1C[C@]1(C(=O)NCC2CC2)COC(c2ccc(OCCCO)cc2)=N1. The van der Waals surface area contributed by atoms with E-state index in [4.69, 9.17) is 25.1 Å². The molecule has 1 saturated carbocycles. The molecular weight excluding hydrogens is 422 g/mol. The first-order chi connectivity index (χ1) is 16.1. The Bertz CT molecular complexity index is 1060. The molecule has 0 aromatic heterocycles. The molecule has 1 aliphatic carbocycles. The van der Waals surface area contributed by atoms with E-state index in [9.17, 15) is 4.79 Å². The summed E-state index contributed by atoms with van der Waals surface area (Å²) in [4.78, 5) is 21.0. The van der Waals surface area contributed by atoms with Crippen LogP contribution in [0.15, 0.2) is 58.6 Å². The fourth-order valence-corrected chi connectivity index (χ4v) is 3.67. The van der Waals surface area contributed by atoms with Crippen molar-refractivity contribution in [3.63, 3.8) is 0 Å². The first-order valence-corrected chi connectivity index (χ1v) is 11.1. The molecule has 0 saturated heterocycles. The highest BCUT2D eigenvalue weighted by Crippen LogP contribution is 2.32. The van der Waals surface area contributed by atoms with Crippen molar-refractivity contribution in [2.45, 2.75) is 31.2 Å². The fraction of sp³-hybridized carbons (Fsp3) is 0.417. The molecule has 1 fully saturated rings. The Morgan fingerprint density at radius 1 is 1.27 bits per heavy atom. The van der Waals surface area contributed by atoms with Gasteiger partial charge in [-0.05, 0) is 54.1 Å². The minimum absolute atomic E-state index is 0.0798. The van der Waals surface area contributed by atoms with Gasteiger partial charge in [-0.3, -0.25) is 4.79 Å². The molecule has 1 atom stereocenters. The summed E-state index contributed by atoms with van der Waals surface area (Å²) in [6.07, 6.45) is 3.08. The Hall–Kier alpha value is -3.55. The molecule has 9 heteroatoms. The van der Waals surface area contributed by atoms with Gasteiger partial charge in [-0.1, -0.05) is 29.4 Å². The van der Waals surface area contributed by atoms with Gasteiger partial charge >= 0.3 is 0 Å². The summed E-state index contributed by atoms with van der Waals surface area (Å²) in [6, 6.07) is 14.5. The van der Waals surface area contributed by atoms with Crippen LogP contribution in [0.25, 0.3) is 10.4 Å². The Kier molecular flexibility index (Phi) is 7.12. The van der Waals surface area contributed by atoms with E-state index in [0.717, 1.165) is 24.0 Å². The highest BCUT2D eigenvalue weighted by molar-refractivity contribution is 6.00. The van der Waals surface area contributed by atoms with E-state index in [-0.39, 0.29) is 25.5 Å². The zero-order valence-electron chi connectivity index (χ0n) is 18.3. The number of hydrogen-bond acceptors (Lipinski definition) is 6. The van der Waals surface area contributed by atoms with Crippen molar-refractivity contribution in [2.24, 2.45) is 16.0 Å². The van der Waals surface area contributed by atoms with Crippen molar-refractivity contribution in [3.8, 4) is 5.75 Å². The normalized spacial score (nSPS) is 19.2. The number of aliphatic hydroxyl groups is 1. The molecule has 0 unspecified atom stereocenters. The monoisotopic (exact) mass is 449 g/mol. The second kappa shape index (κ2) is 10.4. The van der Waals surface area contributed by atoms with Crippen molar-refractivity contribution in [2.75, 3.05) is 26.4 Å². The van der Waals surface area contributed by atoms with Gasteiger partial charge in [0, 0.05) is 42.2 Å². The lowest BCUT2D eigenvalue weighted by Gasteiger charge is -2.24. The molecular formula is C24H27N5O4. The lowest BCUT2D eigenvalue weighted by Crippen LogP contribution is -2.49. The van der Waals surface area contributed by atoms with Crippen LogP contribution in [0.2, 0.25) is 0 Å². The third-order valence-electron chi connectivity index (χ3n) is 5.73. The average Bonchev–Trinajstić information content (AvgIpc) is 3.57. The molecule has 1 heterocycles. The predicted octanol–water partition coefficient (Wildman–Crippen LogP) is 3.67. The van der Waals surface area contributed by atoms with Gasteiger partial charge < -0.3 is 19.9 Å². The Labute approximate surface area is 192 Å². The van der Waals surface area contributed by atoms with Crippen LogP contribution in [0, 0.1) is 5.92 Å². The van der Waals surface area contributed by atoms with E-state index in [2.05, 4.69) is 15.3 Å². The third kappa shape index (κ3) is 5.63. The molecule has 0 radical (unpaired) electrons. The first-order valence-electron chi connectivity index (χ1n) is 11.1. The van der Waals surface area contributed by atoms with Crippen LogP contribution in [-0.2, 0) is 16.0 Å².